The van der Waals surface area contributed by atoms with E-state index in [2.05, 4.69) is 46.4 Å². The van der Waals surface area contributed by atoms with Crippen molar-refractivity contribution in [1.82, 2.24) is 0 Å². The van der Waals surface area contributed by atoms with Crippen LogP contribution in [0.5, 0.6) is 11.5 Å². The van der Waals surface area contributed by atoms with Crippen LogP contribution in [-0.4, -0.2) is 22.8 Å². The van der Waals surface area contributed by atoms with E-state index in [0.717, 1.165) is 56.1 Å². The van der Waals surface area contributed by atoms with Crippen molar-refractivity contribution in [2.45, 2.75) is 98.8 Å². The SMILES string of the molecule is C=C(C)C1CCC(C)=CC1c1c(O)cc(CCCCC)c(C(=O)OC/C=C(\C)CCC=C(C)C)c1O. The van der Waals surface area contributed by atoms with Crippen molar-refractivity contribution in [3.05, 3.63) is 69.9 Å². The molecule has 1 aromatic rings. The van der Waals surface area contributed by atoms with Gasteiger partial charge in [0.05, 0.1) is 0 Å². The van der Waals surface area contributed by atoms with E-state index >= 15 is 0 Å². The number of aryl methyl sites for hydroxylation is 1. The first kappa shape index (κ1) is 29.5. The number of carbonyl (C=O) groups is 1. The second-order valence-corrected chi connectivity index (χ2v) is 10.6. The Hall–Kier alpha value is -2.75. The van der Waals surface area contributed by atoms with Gasteiger partial charge in [-0.2, -0.15) is 0 Å². The zero-order valence-corrected chi connectivity index (χ0v) is 23.2. The van der Waals surface area contributed by atoms with Crippen molar-refractivity contribution >= 4 is 5.97 Å². The van der Waals surface area contributed by atoms with Crippen LogP contribution >= 0.6 is 0 Å². The molecule has 0 fully saturated rings. The molecule has 2 atom stereocenters. The summed E-state index contributed by atoms with van der Waals surface area (Å²) in [5, 5.41) is 22.5. The van der Waals surface area contributed by atoms with E-state index in [1.165, 1.54) is 11.1 Å². The first-order valence-corrected chi connectivity index (χ1v) is 13.4. The molecule has 1 aliphatic carbocycles. The van der Waals surface area contributed by atoms with Crippen molar-refractivity contribution in [2.24, 2.45) is 5.92 Å². The normalized spacial score (nSPS) is 17.9. The van der Waals surface area contributed by atoms with Gasteiger partial charge in [-0.25, -0.2) is 4.79 Å². The molecule has 2 N–H and O–H groups in total. The second-order valence-electron chi connectivity index (χ2n) is 10.6. The highest BCUT2D eigenvalue weighted by atomic mass is 16.5. The molecule has 36 heavy (non-hydrogen) atoms. The minimum atomic E-state index is -0.544. The van der Waals surface area contributed by atoms with Crippen LogP contribution in [0, 0.1) is 5.92 Å². The lowest BCUT2D eigenvalue weighted by molar-refractivity contribution is 0.0544. The number of ether oxygens (including phenoxy) is 1. The molecule has 2 rings (SSSR count). The number of hydrogen-bond donors (Lipinski definition) is 2. The molecule has 2 unspecified atom stereocenters. The maximum absolute atomic E-state index is 13.3. The maximum Gasteiger partial charge on any atom is 0.342 e. The number of phenols is 2. The van der Waals surface area contributed by atoms with Gasteiger partial charge in [-0.1, -0.05) is 60.8 Å². The summed E-state index contributed by atoms with van der Waals surface area (Å²) in [6, 6.07) is 1.66. The van der Waals surface area contributed by atoms with Gasteiger partial charge in [0.2, 0.25) is 0 Å². The molecule has 0 spiro atoms. The van der Waals surface area contributed by atoms with E-state index in [0.29, 0.717) is 17.5 Å². The van der Waals surface area contributed by atoms with Gasteiger partial charge >= 0.3 is 5.97 Å². The van der Waals surface area contributed by atoms with Crippen molar-refractivity contribution in [3.63, 3.8) is 0 Å². The number of hydrogen-bond acceptors (Lipinski definition) is 4. The molecule has 0 heterocycles. The van der Waals surface area contributed by atoms with Crippen LogP contribution in [0.25, 0.3) is 0 Å². The fraction of sp³-hybridized carbons (Fsp3) is 0.531. The molecule has 4 nitrogen and oxygen atoms in total. The lowest BCUT2D eigenvalue weighted by Gasteiger charge is -2.32. The van der Waals surface area contributed by atoms with Crippen molar-refractivity contribution in [1.29, 1.82) is 0 Å². The molecule has 198 valence electrons. The van der Waals surface area contributed by atoms with Crippen LogP contribution in [0.3, 0.4) is 0 Å². The number of phenolic OH excluding ortho intramolecular Hbond substituents is 2. The topological polar surface area (TPSA) is 66.8 Å². The zero-order valence-electron chi connectivity index (χ0n) is 23.2. The van der Waals surface area contributed by atoms with Crippen LogP contribution in [-0.2, 0) is 11.2 Å². The fourth-order valence-electron chi connectivity index (χ4n) is 4.97. The first-order valence-electron chi connectivity index (χ1n) is 13.4. The summed E-state index contributed by atoms with van der Waals surface area (Å²) in [4.78, 5) is 13.3. The van der Waals surface area contributed by atoms with E-state index in [9.17, 15) is 15.0 Å². The Morgan fingerprint density at radius 3 is 2.53 bits per heavy atom. The van der Waals surface area contributed by atoms with Gasteiger partial charge in [-0.15, -0.1) is 0 Å². The summed E-state index contributed by atoms with van der Waals surface area (Å²) >= 11 is 0. The minimum Gasteiger partial charge on any atom is -0.507 e. The monoisotopic (exact) mass is 494 g/mol. The number of unbranched alkanes of at least 4 members (excludes halogenated alkanes) is 2. The summed E-state index contributed by atoms with van der Waals surface area (Å²) in [6.45, 7) is 16.7. The number of aromatic hydroxyl groups is 2. The van der Waals surface area contributed by atoms with Crippen LogP contribution in [0.2, 0.25) is 0 Å². The van der Waals surface area contributed by atoms with Gasteiger partial charge in [0.1, 0.15) is 23.7 Å². The van der Waals surface area contributed by atoms with Crippen LogP contribution in [0.4, 0.5) is 0 Å². The van der Waals surface area contributed by atoms with Crippen LogP contribution < -0.4 is 0 Å². The molecule has 0 radical (unpaired) electrons. The number of allylic oxidation sites excluding steroid dienone is 6. The number of benzene rings is 1. The average Bonchev–Trinajstić information content (AvgIpc) is 2.78. The number of esters is 1. The maximum atomic E-state index is 13.3. The first-order chi connectivity index (χ1) is 17.1. The number of carbonyl (C=O) groups excluding carboxylic acids is 1. The molecule has 0 bridgehead atoms. The summed E-state index contributed by atoms with van der Waals surface area (Å²) in [5.74, 6) is -0.806. The van der Waals surface area contributed by atoms with Gasteiger partial charge < -0.3 is 14.9 Å². The smallest absolute Gasteiger partial charge is 0.342 e. The standard InChI is InChI=1S/C32H46O4/c1-8-9-10-14-25-20-28(33)30(27-19-24(7)15-16-26(27)22(4)5)31(34)29(25)32(35)36-18-17-23(6)13-11-12-21(2)3/h12,17,19-20,26-27,33-34H,4,8-11,13-16,18H2,1-3,5-7H3/b23-17+. The molecule has 0 aromatic heterocycles. The third-order valence-corrected chi connectivity index (χ3v) is 7.10. The van der Waals surface area contributed by atoms with Crippen molar-refractivity contribution in [2.75, 3.05) is 6.61 Å². The Balaban J connectivity index is 2.40. The average molecular weight is 495 g/mol. The molecule has 0 saturated carbocycles. The number of rotatable bonds is 12. The summed E-state index contributed by atoms with van der Waals surface area (Å²) in [7, 11) is 0. The van der Waals surface area contributed by atoms with Gasteiger partial charge in [-0.3, -0.25) is 0 Å². The Morgan fingerprint density at radius 1 is 1.17 bits per heavy atom. The summed E-state index contributed by atoms with van der Waals surface area (Å²) in [5.41, 5.74) is 5.90. The quantitative estimate of drug-likeness (QED) is 0.173. The van der Waals surface area contributed by atoms with Crippen LogP contribution in [0.1, 0.15) is 114 Å². The molecular weight excluding hydrogens is 448 g/mol. The van der Waals surface area contributed by atoms with E-state index < -0.39 is 5.97 Å². The second kappa shape index (κ2) is 14.1. The van der Waals surface area contributed by atoms with Gasteiger partial charge in [0.15, 0.2) is 0 Å². The lowest BCUT2D eigenvalue weighted by atomic mass is 9.73. The highest BCUT2D eigenvalue weighted by molar-refractivity contribution is 5.95. The van der Waals surface area contributed by atoms with E-state index in [1.54, 1.807) is 6.07 Å². The van der Waals surface area contributed by atoms with Gasteiger partial charge in [0, 0.05) is 11.5 Å². The lowest BCUT2D eigenvalue weighted by Crippen LogP contribution is -2.19. The zero-order chi connectivity index (χ0) is 26.8. The molecule has 1 aliphatic rings. The highest BCUT2D eigenvalue weighted by Gasteiger charge is 2.33. The molecule has 0 saturated heterocycles. The van der Waals surface area contributed by atoms with Gasteiger partial charge in [0.25, 0.3) is 0 Å². The third-order valence-electron chi connectivity index (χ3n) is 7.10. The Kier molecular flexibility index (Phi) is 11.6. The van der Waals surface area contributed by atoms with E-state index in [-0.39, 0.29) is 35.5 Å². The predicted molar refractivity (Wildman–Crippen MR) is 150 cm³/mol. The Morgan fingerprint density at radius 2 is 1.89 bits per heavy atom. The molecular formula is C32H46O4. The third kappa shape index (κ3) is 8.15. The molecule has 4 heteroatoms. The summed E-state index contributed by atoms with van der Waals surface area (Å²) < 4.78 is 5.63. The largest absolute Gasteiger partial charge is 0.507 e. The summed E-state index contributed by atoms with van der Waals surface area (Å²) in [6.07, 6.45) is 13.5. The van der Waals surface area contributed by atoms with E-state index in [4.69, 9.17) is 4.74 Å². The Labute approximate surface area is 218 Å². The van der Waals surface area contributed by atoms with Gasteiger partial charge in [-0.05, 0) is 96.8 Å². The highest BCUT2D eigenvalue weighted by Crippen LogP contribution is 2.48. The van der Waals surface area contributed by atoms with E-state index in [1.807, 2.05) is 19.9 Å². The molecule has 1 aromatic carbocycles. The van der Waals surface area contributed by atoms with Crippen LogP contribution in [0.15, 0.2) is 53.2 Å². The fourth-order valence-corrected chi connectivity index (χ4v) is 4.97. The minimum absolute atomic E-state index is 0.0350. The molecule has 0 aliphatic heterocycles. The Bertz CT molecular complexity index is 1020. The predicted octanol–water partition coefficient (Wildman–Crippen LogP) is 8.70. The molecule has 0 amide bonds. The van der Waals surface area contributed by atoms with Crippen molar-refractivity contribution in [3.8, 4) is 11.5 Å². The van der Waals surface area contributed by atoms with Crippen molar-refractivity contribution < 1.29 is 19.7 Å².